The molecule has 1 aromatic rings. The lowest BCUT2D eigenvalue weighted by atomic mass is 10.0. The summed E-state index contributed by atoms with van der Waals surface area (Å²) in [4.78, 5) is 37.0. The number of nitrogens with zero attached hydrogens (tertiary/aromatic N) is 5. The molecule has 0 spiro atoms. The zero-order valence-corrected chi connectivity index (χ0v) is 24.9. The highest BCUT2D eigenvalue weighted by molar-refractivity contribution is 8.17. The van der Waals surface area contributed by atoms with Crippen molar-refractivity contribution in [3.8, 4) is 0 Å². The van der Waals surface area contributed by atoms with Gasteiger partial charge in [-0.1, -0.05) is 13.8 Å². The van der Waals surface area contributed by atoms with Crippen LogP contribution in [0.15, 0.2) is 24.4 Å². The van der Waals surface area contributed by atoms with Crippen LogP contribution < -0.4 is 5.32 Å². The summed E-state index contributed by atoms with van der Waals surface area (Å²) in [6.07, 6.45) is 0. The number of hydrogen-bond donors (Lipinski definition) is 1. The van der Waals surface area contributed by atoms with E-state index in [1.807, 2.05) is 23.5 Å². The van der Waals surface area contributed by atoms with E-state index in [-0.39, 0.29) is 23.0 Å². The molecular formula is C24H32N6O2S4. The van der Waals surface area contributed by atoms with Gasteiger partial charge in [0, 0.05) is 36.0 Å². The fourth-order valence-electron chi connectivity index (χ4n) is 4.38. The first kappa shape index (κ1) is 26.4. The highest BCUT2D eigenvalue weighted by Crippen LogP contribution is 2.46. The van der Waals surface area contributed by atoms with Crippen molar-refractivity contribution in [2.24, 2.45) is 25.9 Å². The molecule has 36 heavy (non-hydrogen) atoms. The number of carbonyl (C=O) groups is 1. The molecule has 4 aliphatic heterocycles. The molecule has 0 saturated carbocycles. The minimum Gasteiger partial charge on any atom is -0.443 e. The van der Waals surface area contributed by atoms with Crippen molar-refractivity contribution in [3.05, 3.63) is 17.3 Å². The van der Waals surface area contributed by atoms with Crippen LogP contribution in [-0.4, -0.2) is 77.7 Å². The van der Waals surface area contributed by atoms with Gasteiger partial charge in [-0.2, -0.15) is 0 Å². The molecule has 5 rings (SSSR count). The SMILES string of the molecule is CNC(=O)c1nc([C@@H]2CSC([C@]3(C)CSC([C@]4(C)CSC([C@]5(C)CSC(C(C)C)=N5)=N4)=N3)=N2)oc1C. The molecule has 4 atom stereocenters. The molecule has 12 heteroatoms. The molecule has 1 N–H and O–H groups in total. The van der Waals surface area contributed by atoms with Crippen LogP contribution in [0.4, 0.5) is 0 Å². The van der Waals surface area contributed by atoms with E-state index in [2.05, 4.69) is 44.9 Å². The van der Waals surface area contributed by atoms with Gasteiger partial charge >= 0.3 is 0 Å². The minimum absolute atomic E-state index is 0.210. The van der Waals surface area contributed by atoms with Crippen LogP contribution in [0.2, 0.25) is 0 Å². The van der Waals surface area contributed by atoms with Gasteiger partial charge in [-0.25, -0.2) is 4.98 Å². The van der Waals surface area contributed by atoms with Crippen molar-refractivity contribution < 1.29 is 9.21 Å². The van der Waals surface area contributed by atoms with Gasteiger partial charge in [0.15, 0.2) is 5.69 Å². The van der Waals surface area contributed by atoms with Crippen molar-refractivity contribution >= 4 is 73.1 Å². The fraction of sp³-hybridized carbons (Fsp3) is 0.667. The van der Waals surface area contributed by atoms with E-state index in [0.29, 0.717) is 23.3 Å². The summed E-state index contributed by atoms with van der Waals surface area (Å²) in [6, 6.07) is -0.210. The number of nitrogens with one attached hydrogen (secondary N) is 1. The molecule has 0 fully saturated rings. The van der Waals surface area contributed by atoms with E-state index in [0.717, 1.165) is 38.1 Å². The summed E-state index contributed by atoms with van der Waals surface area (Å²) in [5.41, 5.74) is -0.645. The molecule has 4 aliphatic rings. The van der Waals surface area contributed by atoms with Crippen molar-refractivity contribution in [3.63, 3.8) is 0 Å². The Kier molecular flexibility index (Phi) is 6.96. The minimum atomic E-state index is -0.396. The van der Waals surface area contributed by atoms with Crippen molar-refractivity contribution in [1.29, 1.82) is 0 Å². The summed E-state index contributed by atoms with van der Waals surface area (Å²) in [5, 5.41) is 7.04. The Balaban J connectivity index is 1.36. The average molecular weight is 565 g/mol. The normalized spacial score (nSPS) is 34.2. The van der Waals surface area contributed by atoms with Crippen LogP contribution in [-0.2, 0) is 0 Å². The van der Waals surface area contributed by atoms with Gasteiger partial charge < -0.3 is 9.73 Å². The summed E-state index contributed by atoms with van der Waals surface area (Å²) < 4.78 is 5.81. The summed E-state index contributed by atoms with van der Waals surface area (Å²) in [6.45, 7) is 12.7. The van der Waals surface area contributed by atoms with Gasteiger partial charge in [-0.3, -0.25) is 24.8 Å². The predicted octanol–water partition coefficient (Wildman–Crippen LogP) is 4.90. The highest BCUT2D eigenvalue weighted by atomic mass is 32.2. The van der Waals surface area contributed by atoms with Gasteiger partial charge in [0.1, 0.15) is 28.4 Å². The van der Waals surface area contributed by atoms with E-state index in [9.17, 15) is 4.79 Å². The first-order chi connectivity index (χ1) is 17.0. The number of aromatic nitrogens is 1. The van der Waals surface area contributed by atoms with Gasteiger partial charge in [0.2, 0.25) is 5.89 Å². The Morgan fingerprint density at radius 2 is 1.53 bits per heavy atom. The Morgan fingerprint density at radius 3 is 2.11 bits per heavy atom. The Bertz CT molecular complexity index is 1220. The number of carbonyl (C=O) groups excluding carboxylic acids is 1. The number of thioether (sulfide) groups is 4. The second kappa shape index (κ2) is 9.50. The Labute approximate surface area is 229 Å². The average Bonchev–Trinajstić information content (AvgIpc) is 3.63. The Morgan fingerprint density at radius 1 is 0.944 bits per heavy atom. The molecule has 0 aromatic carbocycles. The van der Waals surface area contributed by atoms with Crippen LogP contribution in [0.3, 0.4) is 0 Å². The first-order valence-electron chi connectivity index (χ1n) is 12.1. The Hall–Kier alpha value is -1.24. The standard InChI is InChI=1S/C24H32N6O2S4/c1-12(2)18-28-23(5,9-34-18)20-30-24(6,11-36-20)21-29-22(4,10-35-21)19-26-14(8-33-19)17-27-15(13(3)32-17)16(31)25-7/h12,14H,8-11H2,1-7H3,(H,25,31)/t14-,22-,23-,24-/m0/s1. The third-order valence-corrected chi connectivity index (χ3v) is 12.5. The van der Waals surface area contributed by atoms with E-state index in [4.69, 9.17) is 24.4 Å². The lowest BCUT2D eigenvalue weighted by Gasteiger charge is -2.21. The molecule has 0 bridgehead atoms. The maximum Gasteiger partial charge on any atom is 0.273 e. The molecule has 0 radical (unpaired) electrons. The number of rotatable bonds is 6. The van der Waals surface area contributed by atoms with Crippen LogP contribution in [0.25, 0.3) is 0 Å². The summed E-state index contributed by atoms with van der Waals surface area (Å²) in [7, 11) is 1.59. The zero-order valence-electron chi connectivity index (χ0n) is 21.7. The van der Waals surface area contributed by atoms with E-state index < -0.39 is 5.54 Å². The van der Waals surface area contributed by atoms with Gasteiger partial charge in [0.05, 0.1) is 20.2 Å². The highest BCUT2D eigenvalue weighted by Gasteiger charge is 2.49. The molecule has 0 saturated heterocycles. The topological polar surface area (TPSA) is 105 Å². The number of hydrogen-bond acceptors (Lipinski definition) is 11. The second-order valence-electron chi connectivity index (χ2n) is 10.4. The predicted molar refractivity (Wildman–Crippen MR) is 157 cm³/mol. The molecule has 194 valence electrons. The van der Waals surface area contributed by atoms with Crippen LogP contribution in [0.1, 0.15) is 62.8 Å². The first-order valence-corrected chi connectivity index (χ1v) is 16.0. The van der Waals surface area contributed by atoms with Crippen LogP contribution in [0, 0.1) is 12.8 Å². The van der Waals surface area contributed by atoms with E-state index >= 15 is 0 Å². The lowest BCUT2D eigenvalue weighted by molar-refractivity contribution is 0.0957. The molecule has 0 aliphatic carbocycles. The van der Waals surface area contributed by atoms with E-state index in [1.165, 1.54) is 5.04 Å². The number of aryl methyl sites for hydroxylation is 1. The molecule has 5 heterocycles. The molecule has 8 nitrogen and oxygen atoms in total. The largest absolute Gasteiger partial charge is 0.443 e. The third-order valence-electron chi connectivity index (χ3n) is 6.60. The number of aliphatic imine (C=N–C) groups is 4. The van der Waals surface area contributed by atoms with Crippen molar-refractivity contribution in [2.45, 2.75) is 64.2 Å². The van der Waals surface area contributed by atoms with Crippen LogP contribution >= 0.6 is 47.0 Å². The maximum absolute atomic E-state index is 12.0. The van der Waals surface area contributed by atoms with Gasteiger partial charge in [-0.05, 0) is 27.7 Å². The second-order valence-corrected chi connectivity index (χ2v) is 14.4. The summed E-state index contributed by atoms with van der Waals surface area (Å²) >= 11 is 7.19. The maximum atomic E-state index is 12.0. The third kappa shape index (κ3) is 4.60. The molecule has 0 unspecified atom stereocenters. The van der Waals surface area contributed by atoms with Crippen molar-refractivity contribution in [2.75, 3.05) is 30.1 Å². The van der Waals surface area contributed by atoms with E-state index in [1.54, 1.807) is 37.5 Å². The molecule has 1 aromatic heterocycles. The number of oxazole rings is 1. The van der Waals surface area contributed by atoms with Gasteiger partial charge in [0.25, 0.3) is 5.91 Å². The van der Waals surface area contributed by atoms with Gasteiger partial charge in [-0.15, -0.1) is 47.0 Å². The van der Waals surface area contributed by atoms with Crippen LogP contribution in [0.5, 0.6) is 0 Å². The zero-order chi connectivity index (χ0) is 25.9. The van der Waals surface area contributed by atoms with Crippen molar-refractivity contribution in [1.82, 2.24) is 10.3 Å². The fourth-order valence-corrected chi connectivity index (χ4v) is 9.67. The molecular weight excluding hydrogens is 533 g/mol. The quantitative estimate of drug-likeness (QED) is 0.524. The smallest absolute Gasteiger partial charge is 0.273 e. The lowest BCUT2D eigenvalue weighted by Crippen LogP contribution is -2.34. The molecule has 1 amide bonds. The monoisotopic (exact) mass is 564 g/mol. The number of amides is 1. The summed E-state index contributed by atoms with van der Waals surface area (Å²) in [5.74, 6) is 4.62.